The summed E-state index contributed by atoms with van der Waals surface area (Å²) in [4.78, 5) is 12.4. The largest absolute Gasteiger partial charge is 0.322 e. The average Bonchev–Trinajstić information content (AvgIpc) is 2.75. The van der Waals surface area contributed by atoms with Crippen LogP contribution in [0.25, 0.3) is 0 Å². The van der Waals surface area contributed by atoms with E-state index in [-0.39, 0.29) is 17.3 Å². The summed E-state index contributed by atoms with van der Waals surface area (Å²) in [5.41, 5.74) is 2.24. The minimum absolute atomic E-state index is 0.146. The number of rotatable bonds is 6. The van der Waals surface area contributed by atoms with Gasteiger partial charge in [0.2, 0.25) is 10.0 Å². The van der Waals surface area contributed by atoms with Crippen molar-refractivity contribution in [3.63, 3.8) is 0 Å². The van der Waals surface area contributed by atoms with Gasteiger partial charge in [-0.1, -0.05) is 30.3 Å². The Morgan fingerprint density at radius 3 is 2.17 bits per heavy atom. The minimum atomic E-state index is -3.65. The number of carbonyl (C=O) groups excluding carboxylic acids is 1. The smallest absolute Gasteiger partial charge is 0.255 e. The first-order chi connectivity index (χ1) is 13.9. The van der Waals surface area contributed by atoms with E-state index < -0.39 is 10.0 Å². The van der Waals surface area contributed by atoms with Crippen molar-refractivity contribution < 1.29 is 13.2 Å². The van der Waals surface area contributed by atoms with Gasteiger partial charge in [-0.05, 0) is 54.1 Å². The highest BCUT2D eigenvalue weighted by atomic mass is 32.2. The molecule has 6 nitrogen and oxygen atoms in total. The zero-order valence-electron chi connectivity index (χ0n) is 15.7. The third-order valence-corrected chi connectivity index (χ3v) is 6.16. The molecule has 146 valence electrons. The summed E-state index contributed by atoms with van der Waals surface area (Å²) in [5.74, 6) is -0.341. The summed E-state index contributed by atoms with van der Waals surface area (Å²) in [6.45, 7) is 0.264. The topological polar surface area (TPSA) is 90.3 Å². The molecule has 0 aromatic heterocycles. The van der Waals surface area contributed by atoms with Crippen LogP contribution in [0.1, 0.15) is 21.5 Å². The average molecular weight is 405 g/mol. The monoisotopic (exact) mass is 405 g/mol. The first kappa shape index (κ1) is 20.3. The van der Waals surface area contributed by atoms with Crippen LogP contribution in [-0.2, 0) is 16.6 Å². The SMILES string of the molecule is CN(Cc1ccccc1)S(=O)(=O)c1ccc(NC(=O)c2ccc(C#N)cc2)cc1. The van der Waals surface area contributed by atoms with Gasteiger partial charge in [-0.3, -0.25) is 4.79 Å². The molecule has 0 aliphatic rings. The zero-order valence-corrected chi connectivity index (χ0v) is 16.6. The molecule has 3 aromatic carbocycles. The van der Waals surface area contributed by atoms with Gasteiger partial charge in [-0.2, -0.15) is 9.57 Å². The molecule has 0 spiro atoms. The maximum Gasteiger partial charge on any atom is 0.255 e. The highest BCUT2D eigenvalue weighted by molar-refractivity contribution is 7.89. The Bertz CT molecular complexity index is 1130. The molecule has 0 aliphatic heterocycles. The predicted molar refractivity (Wildman–Crippen MR) is 111 cm³/mol. The van der Waals surface area contributed by atoms with E-state index in [1.807, 2.05) is 36.4 Å². The van der Waals surface area contributed by atoms with Crippen molar-refractivity contribution in [2.24, 2.45) is 0 Å². The van der Waals surface area contributed by atoms with Crippen LogP contribution < -0.4 is 5.32 Å². The summed E-state index contributed by atoms with van der Waals surface area (Å²) in [7, 11) is -2.12. The maximum atomic E-state index is 12.8. The fourth-order valence-electron chi connectivity index (χ4n) is 2.72. The molecule has 0 bridgehead atoms. The lowest BCUT2D eigenvalue weighted by Gasteiger charge is -2.17. The molecule has 0 saturated carbocycles. The number of hydrogen-bond acceptors (Lipinski definition) is 4. The van der Waals surface area contributed by atoms with Crippen molar-refractivity contribution in [2.45, 2.75) is 11.4 Å². The fourth-order valence-corrected chi connectivity index (χ4v) is 3.87. The second-order valence-corrected chi connectivity index (χ2v) is 8.46. The molecule has 3 aromatic rings. The molecule has 0 radical (unpaired) electrons. The molecule has 0 heterocycles. The van der Waals surface area contributed by atoms with Gasteiger partial charge in [0.15, 0.2) is 0 Å². The molecule has 1 N–H and O–H groups in total. The molecular formula is C22H19N3O3S. The van der Waals surface area contributed by atoms with Crippen LogP contribution in [0.5, 0.6) is 0 Å². The molecule has 0 atom stereocenters. The minimum Gasteiger partial charge on any atom is -0.322 e. The van der Waals surface area contributed by atoms with Gasteiger partial charge in [0, 0.05) is 24.8 Å². The Hall–Kier alpha value is -3.47. The van der Waals surface area contributed by atoms with Crippen LogP contribution in [0.15, 0.2) is 83.8 Å². The van der Waals surface area contributed by atoms with Gasteiger partial charge in [-0.25, -0.2) is 8.42 Å². The number of amides is 1. The summed E-state index contributed by atoms with van der Waals surface area (Å²) < 4.78 is 26.8. The van der Waals surface area contributed by atoms with E-state index in [9.17, 15) is 13.2 Å². The van der Waals surface area contributed by atoms with Crippen LogP contribution in [0.2, 0.25) is 0 Å². The number of nitrogens with one attached hydrogen (secondary N) is 1. The van der Waals surface area contributed by atoms with Crippen molar-refractivity contribution in [1.29, 1.82) is 5.26 Å². The van der Waals surface area contributed by atoms with Crippen molar-refractivity contribution in [1.82, 2.24) is 4.31 Å². The normalized spacial score (nSPS) is 11.1. The van der Waals surface area contributed by atoms with E-state index in [2.05, 4.69) is 5.32 Å². The quantitative estimate of drug-likeness (QED) is 0.678. The van der Waals surface area contributed by atoms with Crippen molar-refractivity contribution in [2.75, 3.05) is 12.4 Å². The van der Waals surface area contributed by atoms with Crippen LogP contribution in [0, 0.1) is 11.3 Å². The van der Waals surface area contributed by atoms with Gasteiger partial charge in [0.1, 0.15) is 0 Å². The fraction of sp³-hybridized carbons (Fsp3) is 0.0909. The first-order valence-corrected chi connectivity index (χ1v) is 10.3. The summed E-state index contributed by atoms with van der Waals surface area (Å²) >= 11 is 0. The van der Waals surface area contributed by atoms with E-state index in [0.29, 0.717) is 16.8 Å². The third-order valence-electron chi connectivity index (χ3n) is 4.34. The van der Waals surface area contributed by atoms with E-state index in [4.69, 9.17) is 5.26 Å². The van der Waals surface area contributed by atoms with E-state index >= 15 is 0 Å². The Morgan fingerprint density at radius 1 is 0.966 bits per heavy atom. The standard InChI is InChI=1S/C22H19N3O3S/c1-25(16-18-5-3-2-4-6-18)29(27,28)21-13-11-20(12-14-21)24-22(26)19-9-7-17(15-23)8-10-19/h2-14H,16H2,1H3,(H,24,26). The molecular weight excluding hydrogens is 386 g/mol. The molecule has 29 heavy (non-hydrogen) atoms. The first-order valence-electron chi connectivity index (χ1n) is 8.82. The second kappa shape index (κ2) is 8.69. The zero-order chi connectivity index (χ0) is 20.9. The second-order valence-electron chi connectivity index (χ2n) is 6.41. The van der Waals surface area contributed by atoms with Gasteiger partial charge >= 0.3 is 0 Å². The third kappa shape index (κ3) is 4.88. The number of nitrogens with zero attached hydrogens (tertiary/aromatic N) is 2. The number of sulfonamides is 1. The number of nitriles is 1. The number of benzene rings is 3. The predicted octanol–water partition coefficient (Wildman–Crippen LogP) is 3.63. The van der Waals surface area contributed by atoms with Crippen molar-refractivity contribution in [3.8, 4) is 6.07 Å². The highest BCUT2D eigenvalue weighted by Gasteiger charge is 2.21. The Morgan fingerprint density at radius 2 is 1.59 bits per heavy atom. The molecule has 0 unspecified atom stereocenters. The van der Waals surface area contributed by atoms with Crippen LogP contribution >= 0.6 is 0 Å². The summed E-state index contributed by atoms with van der Waals surface area (Å²) in [6, 6.07) is 23.6. The Balaban J connectivity index is 1.70. The lowest BCUT2D eigenvalue weighted by Crippen LogP contribution is -2.26. The lowest BCUT2D eigenvalue weighted by atomic mass is 10.1. The molecule has 3 rings (SSSR count). The highest BCUT2D eigenvalue weighted by Crippen LogP contribution is 2.19. The van der Waals surface area contributed by atoms with E-state index in [1.165, 1.54) is 23.5 Å². The van der Waals surface area contributed by atoms with Crippen LogP contribution in [0.3, 0.4) is 0 Å². The molecule has 0 fully saturated rings. The van der Waals surface area contributed by atoms with Gasteiger partial charge in [-0.15, -0.1) is 0 Å². The molecule has 0 aliphatic carbocycles. The van der Waals surface area contributed by atoms with Crippen LogP contribution in [-0.4, -0.2) is 25.7 Å². The molecule has 7 heteroatoms. The van der Waals surface area contributed by atoms with Gasteiger partial charge < -0.3 is 5.32 Å². The Labute approximate surface area is 170 Å². The van der Waals surface area contributed by atoms with Crippen LogP contribution in [0.4, 0.5) is 5.69 Å². The van der Waals surface area contributed by atoms with E-state index in [1.54, 1.807) is 36.4 Å². The van der Waals surface area contributed by atoms with Gasteiger partial charge in [0.25, 0.3) is 5.91 Å². The summed E-state index contributed by atoms with van der Waals surface area (Å²) in [6.07, 6.45) is 0. The molecule has 1 amide bonds. The van der Waals surface area contributed by atoms with Crippen molar-refractivity contribution >= 4 is 21.6 Å². The number of anilines is 1. The van der Waals surface area contributed by atoms with Gasteiger partial charge in [0.05, 0.1) is 16.5 Å². The Kier molecular flexibility index (Phi) is 6.07. The van der Waals surface area contributed by atoms with E-state index in [0.717, 1.165) is 5.56 Å². The number of hydrogen-bond donors (Lipinski definition) is 1. The van der Waals surface area contributed by atoms with Crippen molar-refractivity contribution in [3.05, 3.63) is 95.6 Å². The number of carbonyl (C=O) groups is 1. The lowest BCUT2D eigenvalue weighted by molar-refractivity contribution is 0.102. The maximum absolute atomic E-state index is 12.8. The molecule has 0 saturated heterocycles. The summed E-state index contributed by atoms with van der Waals surface area (Å²) in [5, 5.41) is 11.5.